The molecule has 1 unspecified atom stereocenters. The first-order chi connectivity index (χ1) is 9.77. The standard InChI is InChI=1S/C16H19BrFNO/c17-16-12-6-2-1-4-10-19(14(12)9-8-13(16)18)15-7-3-5-11-20-15/h2,6,8-9,15H,1,3-5,7,10-11H2/b6-2+. The number of benzene rings is 1. The Labute approximate surface area is 127 Å². The van der Waals surface area contributed by atoms with Crippen LogP contribution in [0.25, 0.3) is 6.08 Å². The lowest BCUT2D eigenvalue weighted by Crippen LogP contribution is -2.41. The van der Waals surface area contributed by atoms with Crippen LogP contribution in [0.1, 0.15) is 37.7 Å². The van der Waals surface area contributed by atoms with Gasteiger partial charge in [-0.2, -0.15) is 0 Å². The van der Waals surface area contributed by atoms with Crippen molar-refractivity contribution in [3.8, 4) is 0 Å². The molecule has 0 bridgehead atoms. The zero-order valence-electron chi connectivity index (χ0n) is 11.4. The van der Waals surface area contributed by atoms with Gasteiger partial charge in [0.2, 0.25) is 0 Å². The van der Waals surface area contributed by atoms with E-state index in [0.29, 0.717) is 4.47 Å². The second kappa shape index (κ2) is 6.27. The van der Waals surface area contributed by atoms with Crippen molar-refractivity contribution in [2.24, 2.45) is 0 Å². The number of halogens is 2. The molecule has 1 atom stereocenters. The lowest BCUT2D eigenvalue weighted by atomic mass is 10.0. The van der Waals surface area contributed by atoms with Crippen molar-refractivity contribution in [1.82, 2.24) is 0 Å². The van der Waals surface area contributed by atoms with E-state index in [0.717, 1.165) is 50.1 Å². The molecule has 0 amide bonds. The predicted molar refractivity (Wildman–Crippen MR) is 83.3 cm³/mol. The van der Waals surface area contributed by atoms with E-state index in [9.17, 15) is 4.39 Å². The van der Waals surface area contributed by atoms with E-state index in [4.69, 9.17) is 4.74 Å². The Hall–Kier alpha value is -0.870. The highest BCUT2D eigenvalue weighted by molar-refractivity contribution is 9.10. The molecule has 108 valence electrons. The number of anilines is 1. The number of hydrogen-bond acceptors (Lipinski definition) is 2. The van der Waals surface area contributed by atoms with Gasteiger partial charge in [0.25, 0.3) is 0 Å². The molecule has 2 aliphatic heterocycles. The Balaban J connectivity index is 2.01. The first kappa shape index (κ1) is 14.1. The van der Waals surface area contributed by atoms with Gasteiger partial charge in [-0.15, -0.1) is 0 Å². The van der Waals surface area contributed by atoms with Crippen LogP contribution >= 0.6 is 15.9 Å². The lowest BCUT2D eigenvalue weighted by molar-refractivity contribution is 0.0141. The normalized spacial score (nSPS) is 24.7. The van der Waals surface area contributed by atoms with Crippen LogP contribution < -0.4 is 4.90 Å². The minimum atomic E-state index is -0.210. The molecule has 0 aliphatic carbocycles. The molecule has 4 heteroatoms. The molecule has 0 aromatic heterocycles. The SMILES string of the molecule is Fc1ccc2c(c1Br)/C=C/CCCN2C1CCCCO1. The Bertz CT molecular complexity index is 511. The molecule has 2 heterocycles. The maximum absolute atomic E-state index is 13.8. The summed E-state index contributed by atoms with van der Waals surface area (Å²) in [7, 11) is 0. The second-order valence-electron chi connectivity index (χ2n) is 5.35. The number of rotatable bonds is 1. The average molecular weight is 340 g/mol. The maximum atomic E-state index is 13.8. The van der Waals surface area contributed by atoms with Crippen LogP contribution in [0.2, 0.25) is 0 Å². The topological polar surface area (TPSA) is 12.5 Å². The van der Waals surface area contributed by atoms with Gasteiger partial charge in [-0.25, -0.2) is 4.39 Å². The summed E-state index contributed by atoms with van der Waals surface area (Å²) in [5.41, 5.74) is 2.00. The molecular formula is C16H19BrFNO. The Morgan fingerprint density at radius 1 is 1.25 bits per heavy atom. The number of hydrogen-bond donors (Lipinski definition) is 0. The molecule has 20 heavy (non-hydrogen) atoms. The quantitative estimate of drug-likeness (QED) is 0.733. The van der Waals surface area contributed by atoms with Crippen LogP contribution in [0.5, 0.6) is 0 Å². The third-order valence-corrected chi connectivity index (χ3v) is 4.78. The van der Waals surface area contributed by atoms with Crippen molar-refractivity contribution >= 4 is 27.7 Å². The molecule has 0 spiro atoms. The molecule has 1 aromatic carbocycles. The summed E-state index contributed by atoms with van der Waals surface area (Å²) in [4.78, 5) is 2.31. The molecule has 3 rings (SSSR count). The fourth-order valence-electron chi connectivity index (χ4n) is 2.93. The summed E-state index contributed by atoms with van der Waals surface area (Å²) in [6.07, 6.45) is 9.80. The summed E-state index contributed by atoms with van der Waals surface area (Å²) in [6, 6.07) is 3.41. The van der Waals surface area contributed by atoms with Crippen molar-refractivity contribution in [3.05, 3.63) is 34.1 Å². The van der Waals surface area contributed by atoms with Crippen molar-refractivity contribution in [2.75, 3.05) is 18.1 Å². The molecule has 0 N–H and O–H groups in total. The minimum Gasteiger partial charge on any atom is -0.358 e. The molecule has 1 aromatic rings. The lowest BCUT2D eigenvalue weighted by Gasteiger charge is -2.37. The molecular weight excluding hydrogens is 321 g/mol. The van der Waals surface area contributed by atoms with E-state index < -0.39 is 0 Å². The van der Waals surface area contributed by atoms with Gasteiger partial charge in [0.1, 0.15) is 12.0 Å². The summed E-state index contributed by atoms with van der Waals surface area (Å²) in [5.74, 6) is -0.210. The van der Waals surface area contributed by atoms with Crippen molar-refractivity contribution in [3.63, 3.8) is 0 Å². The highest BCUT2D eigenvalue weighted by atomic mass is 79.9. The average Bonchev–Trinajstić information content (AvgIpc) is 2.45. The van der Waals surface area contributed by atoms with E-state index in [2.05, 4.69) is 26.9 Å². The molecule has 1 saturated heterocycles. The van der Waals surface area contributed by atoms with Gasteiger partial charge < -0.3 is 9.64 Å². The van der Waals surface area contributed by atoms with Gasteiger partial charge in [-0.05, 0) is 60.2 Å². The highest BCUT2D eigenvalue weighted by Gasteiger charge is 2.25. The fourth-order valence-corrected chi connectivity index (χ4v) is 3.40. The van der Waals surface area contributed by atoms with E-state index in [-0.39, 0.29) is 12.0 Å². The van der Waals surface area contributed by atoms with Crippen LogP contribution in [0.15, 0.2) is 22.7 Å². The Kier molecular flexibility index (Phi) is 4.41. The fraction of sp³-hybridized carbons (Fsp3) is 0.500. The first-order valence-corrected chi connectivity index (χ1v) is 8.09. The monoisotopic (exact) mass is 339 g/mol. The molecule has 1 fully saturated rings. The zero-order valence-corrected chi connectivity index (χ0v) is 13.0. The summed E-state index contributed by atoms with van der Waals surface area (Å²) in [6.45, 7) is 1.79. The predicted octanol–water partition coefficient (Wildman–Crippen LogP) is 4.73. The van der Waals surface area contributed by atoms with Crippen molar-refractivity contribution in [1.29, 1.82) is 0 Å². The molecule has 0 radical (unpaired) electrons. The van der Waals surface area contributed by atoms with Gasteiger partial charge >= 0.3 is 0 Å². The van der Waals surface area contributed by atoms with E-state index in [1.165, 1.54) is 12.5 Å². The summed E-state index contributed by atoms with van der Waals surface area (Å²) in [5, 5.41) is 0. The van der Waals surface area contributed by atoms with Crippen LogP contribution in [0.4, 0.5) is 10.1 Å². The first-order valence-electron chi connectivity index (χ1n) is 7.30. The number of fused-ring (bicyclic) bond motifs is 1. The van der Waals surface area contributed by atoms with Gasteiger partial charge in [0.05, 0.1) is 4.47 Å². The van der Waals surface area contributed by atoms with Crippen molar-refractivity contribution < 1.29 is 9.13 Å². The third-order valence-electron chi connectivity index (χ3n) is 3.98. The highest BCUT2D eigenvalue weighted by Crippen LogP contribution is 2.35. The minimum absolute atomic E-state index is 0.131. The molecule has 2 nitrogen and oxygen atoms in total. The third kappa shape index (κ3) is 2.77. The Morgan fingerprint density at radius 2 is 2.15 bits per heavy atom. The van der Waals surface area contributed by atoms with Gasteiger partial charge in [-0.3, -0.25) is 0 Å². The summed E-state index contributed by atoms with van der Waals surface area (Å²) >= 11 is 3.38. The Morgan fingerprint density at radius 3 is 2.95 bits per heavy atom. The largest absolute Gasteiger partial charge is 0.358 e. The van der Waals surface area contributed by atoms with Crippen LogP contribution in [-0.2, 0) is 4.74 Å². The second-order valence-corrected chi connectivity index (χ2v) is 6.15. The van der Waals surface area contributed by atoms with Gasteiger partial charge in [0, 0.05) is 24.4 Å². The van der Waals surface area contributed by atoms with Gasteiger partial charge in [0.15, 0.2) is 0 Å². The van der Waals surface area contributed by atoms with E-state index >= 15 is 0 Å². The number of ether oxygens (including phenoxy) is 1. The number of nitrogens with zero attached hydrogens (tertiary/aromatic N) is 1. The maximum Gasteiger partial charge on any atom is 0.138 e. The van der Waals surface area contributed by atoms with Crippen molar-refractivity contribution in [2.45, 2.75) is 38.3 Å². The molecule has 2 aliphatic rings. The van der Waals surface area contributed by atoms with Crippen LogP contribution in [0.3, 0.4) is 0 Å². The van der Waals surface area contributed by atoms with Crippen LogP contribution in [-0.4, -0.2) is 19.4 Å². The summed E-state index contributed by atoms with van der Waals surface area (Å²) < 4.78 is 20.3. The van der Waals surface area contributed by atoms with Gasteiger partial charge in [-0.1, -0.05) is 12.2 Å². The number of allylic oxidation sites excluding steroid dienone is 1. The van der Waals surface area contributed by atoms with E-state index in [1.807, 2.05) is 12.1 Å². The zero-order chi connectivity index (χ0) is 13.9. The smallest absolute Gasteiger partial charge is 0.138 e. The van der Waals surface area contributed by atoms with Crippen LogP contribution in [0, 0.1) is 5.82 Å². The van der Waals surface area contributed by atoms with E-state index in [1.54, 1.807) is 0 Å². The molecule has 0 saturated carbocycles.